The van der Waals surface area contributed by atoms with Gasteiger partial charge in [-0.3, -0.25) is 9.78 Å². The highest BCUT2D eigenvalue weighted by molar-refractivity contribution is 5.82. The molecular weight excluding hydrogens is 296 g/mol. The maximum absolute atomic E-state index is 12.4. The summed E-state index contributed by atoms with van der Waals surface area (Å²) in [7, 11) is 0. The normalized spacial score (nSPS) is 16.8. The number of amides is 1. The average molecular weight is 312 g/mol. The van der Waals surface area contributed by atoms with Crippen LogP contribution in [0.4, 0.5) is 5.82 Å². The maximum Gasteiger partial charge on any atom is 0.242 e. The molecule has 1 amide bonds. The minimum absolute atomic E-state index is 0.0829. The first-order chi connectivity index (χ1) is 11.3. The number of carbonyl (C=O) groups is 1. The van der Waals surface area contributed by atoms with Crippen molar-refractivity contribution < 1.29 is 14.3 Å². The number of piperazine rings is 1. The Labute approximate surface area is 133 Å². The van der Waals surface area contributed by atoms with E-state index in [2.05, 4.69) is 9.97 Å². The molecule has 3 heterocycles. The van der Waals surface area contributed by atoms with Crippen LogP contribution in [0.25, 0.3) is 0 Å². The summed E-state index contributed by atoms with van der Waals surface area (Å²) in [5.41, 5.74) is 1.04. The Bertz CT molecular complexity index is 723. The van der Waals surface area contributed by atoms with Gasteiger partial charge in [-0.25, -0.2) is 4.98 Å². The predicted octanol–water partition coefficient (Wildman–Crippen LogP) is 1.05. The van der Waals surface area contributed by atoms with E-state index in [1.807, 2.05) is 28.0 Å². The number of rotatable bonds is 3. The fourth-order valence-corrected chi connectivity index (χ4v) is 2.79. The second-order valence-electron chi connectivity index (χ2n) is 5.49. The highest BCUT2D eigenvalue weighted by Gasteiger charge is 2.25. The molecule has 0 saturated carbocycles. The lowest BCUT2D eigenvalue weighted by Gasteiger charge is -2.34. The predicted molar refractivity (Wildman–Crippen MR) is 82.2 cm³/mol. The van der Waals surface area contributed by atoms with Crippen molar-refractivity contribution in [3.05, 3.63) is 42.4 Å². The largest absolute Gasteiger partial charge is 0.454 e. The molecule has 1 aromatic carbocycles. The van der Waals surface area contributed by atoms with Crippen LogP contribution in [0.3, 0.4) is 0 Å². The van der Waals surface area contributed by atoms with Crippen molar-refractivity contribution in [1.29, 1.82) is 0 Å². The van der Waals surface area contributed by atoms with Crippen molar-refractivity contribution in [2.75, 3.05) is 31.3 Å². The molecule has 0 radical (unpaired) electrons. The molecule has 1 fully saturated rings. The Kier molecular flexibility index (Phi) is 3.45. The molecule has 23 heavy (non-hydrogen) atoms. The summed E-state index contributed by atoms with van der Waals surface area (Å²) in [6, 6.07) is 5.79. The van der Waals surface area contributed by atoms with Crippen molar-refractivity contribution >= 4 is 11.7 Å². The number of benzene rings is 1. The topological polar surface area (TPSA) is 67.8 Å². The van der Waals surface area contributed by atoms with E-state index in [1.165, 1.54) is 0 Å². The molecule has 2 aliphatic heterocycles. The summed E-state index contributed by atoms with van der Waals surface area (Å²) in [5, 5.41) is 0. The molecule has 0 aliphatic carbocycles. The van der Waals surface area contributed by atoms with Crippen LogP contribution in [-0.2, 0) is 11.3 Å². The number of ether oxygens (including phenoxy) is 2. The molecule has 7 nitrogen and oxygen atoms in total. The summed E-state index contributed by atoms with van der Waals surface area (Å²) in [5.74, 6) is 2.32. The monoisotopic (exact) mass is 312 g/mol. The molecule has 0 bridgehead atoms. The van der Waals surface area contributed by atoms with Gasteiger partial charge in [0.1, 0.15) is 5.82 Å². The molecule has 4 rings (SSSR count). The lowest BCUT2D eigenvalue weighted by atomic mass is 10.1. The van der Waals surface area contributed by atoms with Crippen molar-refractivity contribution in [3.8, 4) is 11.5 Å². The minimum Gasteiger partial charge on any atom is -0.454 e. The molecule has 0 unspecified atom stereocenters. The number of hydrogen-bond donors (Lipinski definition) is 0. The van der Waals surface area contributed by atoms with Crippen LogP contribution in [0.15, 0.2) is 36.8 Å². The first-order valence-electron chi connectivity index (χ1n) is 7.47. The zero-order valence-electron chi connectivity index (χ0n) is 12.5. The van der Waals surface area contributed by atoms with Crippen molar-refractivity contribution in [3.63, 3.8) is 0 Å². The Morgan fingerprint density at radius 3 is 2.87 bits per heavy atom. The van der Waals surface area contributed by atoms with E-state index in [9.17, 15) is 4.79 Å². The highest BCUT2D eigenvalue weighted by atomic mass is 16.7. The van der Waals surface area contributed by atoms with E-state index in [0.717, 1.165) is 29.4 Å². The second-order valence-corrected chi connectivity index (χ2v) is 5.49. The van der Waals surface area contributed by atoms with Gasteiger partial charge in [-0.05, 0) is 17.7 Å². The fraction of sp³-hybridized carbons (Fsp3) is 0.312. The Balaban J connectivity index is 1.42. The van der Waals surface area contributed by atoms with Crippen molar-refractivity contribution in [2.45, 2.75) is 6.54 Å². The third-order valence-electron chi connectivity index (χ3n) is 4.00. The van der Waals surface area contributed by atoms with Crippen LogP contribution in [0.1, 0.15) is 5.56 Å². The smallest absolute Gasteiger partial charge is 0.242 e. The average Bonchev–Trinajstić information content (AvgIpc) is 3.05. The zero-order valence-corrected chi connectivity index (χ0v) is 12.5. The third kappa shape index (κ3) is 2.77. The Morgan fingerprint density at radius 1 is 1.13 bits per heavy atom. The fourth-order valence-electron chi connectivity index (χ4n) is 2.79. The van der Waals surface area contributed by atoms with Gasteiger partial charge in [0, 0.05) is 32.0 Å². The number of nitrogens with zero attached hydrogens (tertiary/aromatic N) is 4. The summed E-state index contributed by atoms with van der Waals surface area (Å²) in [6.07, 6.45) is 4.95. The molecule has 0 atom stereocenters. The zero-order chi connectivity index (χ0) is 15.6. The van der Waals surface area contributed by atoms with Gasteiger partial charge in [-0.15, -0.1) is 0 Å². The SMILES string of the molecule is O=C1CN(c2cnccn2)CCN1Cc1ccc2c(c1)OCO2. The molecule has 1 saturated heterocycles. The number of carbonyl (C=O) groups excluding carboxylic acids is 1. The number of fused-ring (bicyclic) bond motifs is 1. The van der Waals surface area contributed by atoms with Gasteiger partial charge in [0.05, 0.1) is 12.7 Å². The minimum atomic E-state index is 0.0829. The number of hydrogen-bond acceptors (Lipinski definition) is 6. The lowest BCUT2D eigenvalue weighted by molar-refractivity contribution is -0.131. The van der Waals surface area contributed by atoms with Gasteiger partial charge >= 0.3 is 0 Å². The van der Waals surface area contributed by atoms with E-state index in [0.29, 0.717) is 19.6 Å². The van der Waals surface area contributed by atoms with E-state index in [1.54, 1.807) is 18.6 Å². The first kappa shape index (κ1) is 13.8. The molecular formula is C16H16N4O3. The molecule has 0 spiro atoms. The van der Waals surface area contributed by atoms with Crippen LogP contribution >= 0.6 is 0 Å². The summed E-state index contributed by atoms with van der Waals surface area (Å²) in [4.78, 5) is 24.5. The quantitative estimate of drug-likeness (QED) is 0.844. The molecule has 1 aromatic heterocycles. The van der Waals surface area contributed by atoms with E-state index in [4.69, 9.17) is 9.47 Å². The van der Waals surface area contributed by atoms with Gasteiger partial charge < -0.3 is 19.3 Å². The summed E-state index contributed by atoms with van der Waals surface area (Å²) < 4.78 is 10.7. The van der Waals surface area contributed by atoms with Crippen LogP contribution in [-0.4, -0.2) is 47.2 Å². The van der Waals surface area contributed by atoms with Gasteiger partial charge in [0.25, 0.3) is 0 Å². The van der Waals surface area contributed by atoms with Crippen LogP contribution in [0, 0.1) is 0 Å². The molecule has 0 N–H and O–H groups in total. The Morgan fingerprint density at radius 2 is 2.04 bits per heavy atom. The van der Waals surface area contributed by atoms with E-state index >= 15 is 0 Å². The van der Waals surface area contributed by atoms with E-state index in [-0.39, 0.29) is 12.7 Å². The van der Waals surface area contributed by atoms with E-state index < -0.39 is 0 Å². The first-order valence-corrected chi connectivity index (χ1v) is 7.47. The maximum atomic E-state index is 12.4. The number of aromatic nitrogens is 2. The third-order valence-corrected chi connectivity index (χ3v) is 4.00. The van der Waals surface area contributed by atoms with Crippen molar-refractivity contribution in [2.24, 2.45) is 0 Å². The highest BCUT2D eigenvalue weighted by Crippen LogP contribution is 2.32. The van der Waals surface area contributed by atoms with Crippen molar-refractivity contribution in [1.82, 2.24) is 14.9 Å². The number of anilines is 1. The van der Waals surface area contributed by atoms with Crippen LogP contribution in [0.2, 0.25) is 0 Å². The van der Waals surface area contributed by atoms with Gasteiger partial charge in [-0.2, -0.15) is 0 Å². The standard InChI is InChI=1S/C16H16N4O3/c21-16-10-19(15-8-17-3-4-18-15)5-6-20(16)9-12-1-2-13-14(7-12)23-11-22-13/h1-4,7-8H,5-6,9-11H2. The molecule has 2 aliphatic rings. The Hall–Kier alpha value is -2.83. The van der Waals surface area contributed by atoms with Crippen LogP contribution in [0.5, 0.6) is 11.5 Å². The molecule has 7 heteroatoms. The van der Waals surface area contributed by atoms with Gasteiger partial charge in [0.2, 0.25) is 12.7 Å². The van der Waals surface area contributed by atoms with Gasteiger partial charge in [-0.1, -0.05) is 6.07 Å². The lowest BCUT2D eigenvalue weighted by Crippen LogP contribution is -2.50. The molecule has 2 aromatic rings. The van der Waals surface area contributed by atoms with Crippen LogP contribution < -0.4 is 14.4 Å². The molecule has 118 valence electrons. The van der Waals surface area contributed by atoms with Gasteiger partial charge in [0.15, 0.2) is 11.5 Å². The summed E-state index contributed by atoms with van der Waals surface area (Å²) >= 11 is 0. The summed E-state index contributed by atoms with van der Waals surface area (Å²) in [6.45, 7) is 2.56. The second kappa shape index (κ2) is 5.75.